The van der Waals surface area contributed by atoms with Crippen molar-refractivity contribution in [2.45, 2.75) is 39.4 Å². The molecule has 0 aliphatic rings. The molecule has 2 N–H and O–H groups in total. The molecule has 0 radical (unpaired) electrons. The molecule has 0 fully saturated rings. The van der Waals surface area contributed by atoms with Crippen LogP contribution in [-0.2, 0) is 6.54 Å². The minimum Gasteiger partial charge on any atom is -0.494 e. The second-order valence-electron chi connectivity index (χ2n) is 5.31. The molecule has 0 spiro atoms. The van der Waals surface area contributed by atoms with E-state index < -0.39 is 0 Å². The minimum atomic E-state index is -0.284. The fourth-order valence-corrected chi connectivity index (χ4v) is 2.34. The van der Waals surface area contributed by atoms with Gasteiger partial charge in [0.1, 0.15) is 5.75 Å². The van der Waals surface area contributed by atoms with Crippen molar-refractivity contribution in [1.29, 1.82) is 0 Å². The van der Waals surface area contributed by atoms with Gasteiger partial charge in [0.25, 0.3) is 0 Å². The van der Waals surface area contributed by atoms with Crippen molar-refractivity contribution in [1.82, 2.24) is 9.13 Å². The Morgan fingerprint density at radius 1 is 1.24 bits per heavy atom. The maximum absolute atomic E-state index is 12.2. The predicted octanol–water partition coefficient (Wildman–Crippen LogP) is 2.33. The summed E-state index contributed by atoms with van der Waals surface area (Å²) < 4.78 is 8.94. The molecule has 114 valence electrons. The van der Waals surface area contributed by atoms with Gasteiger partial charge in [0, 0.05) is 30.5 Å². The summed E-state index contributed by atoms with van der Waals surface area (Å²) in [5.41, 5.74) is 7.15. The molecule has 0 aliphatic carbocycles. The Labute approximate surface area is 125 Å². The van der Waals surface area contributed by atoms with E-state index in [1.165, 1.54) is 0 Å². The van der Waals surface area contributed by atoms with Crippen LogP contribution in [0.4, 0.5) is 0 Å². The molecule has 0 aliphatic heterocycles. The zero-order valence-corrected chi connectivity index (χ0v) is 12.8. The highest BCUT2D eigenvalue weighted by atomic mass is 16.5. The minimum absolute atomic E-state index is 0.0330. The van der Waals surface area contributed by atoms with E-state index in [9.17, 15) is 4.79 Å². The van der Waals surface area contributed by atoms with E-state index in [1.54, 1.807) is 21.5 Å². The fourth-order valence-electron chi connectivity index (χ4n) is 2.34. The molecule has 1 aromatic heterocycles. The van der Waals surface area contributed by atoms with Crippen LogP contribution in [0.3, 0.4) is 0 Å². The van der Waals surface area contributed by atoms with E-state index in [0.717, 1.165) is 11.3 Å². The van der Waals surface area contributed by atoms with Gasteiger partial charge in [-0.15, -0.1) is 0 Å². The summed E-state index contributed by atoms with van der Waals surface area (Å²) in [6, 6.07) is 7.56. The molecule has 2 rings (SSSR count). The third-order valence-corrected chi connectivity index (χ3v) is 3.44. The second-order valence-corrected chi connectivity index (χ2v) is 5.31. The molecular weight excluding hydrogens is 266 g/mol. The van der Waals surface area contributed by atoms with Crippen LogP contribution in [0.5, 0.6) is 5.75 Å². The van der Waals surface area contributed by atoms with Crippen molar-refractivity contribution in [3.63, 3.8) is 0 Å². The topological polar surface area (TPSA) is 62.2 Å². The van der Waals surface area contributed by atoms with Crippen LogP contribution in [0.25, 0.3) is 0 Å². The van der Waals surface area contributed by atoms with E-state index in [0.29, 0.717) is 13.2 Å². The van der Waals surface area contributed by atoms with Crippen LogP contribution in [0.1, 0.15) is 38.4 Å². The van der Waals surface area contributed by atoms with E-state index in [1.807, 2.05) is 45.0 Å². The van der Waals surface area contributed by atoms with Crippen molar-refractivity contribution in [3.05, 3.63) is 52.7 Å². The number of hydrogen-bond donors (Lipinski definition) is 1. The average molecular weight is 289 g/mol. The highest BCUT2D eigenvalue weighted by Gasteiger charge is 2.14. The predicted molar refractivity (Wildman–Crippen MR) is 83.6 cm³/mol. The number of imidazole rings is 1. The number of nitrogens with two attached hydrogens (primary N) is 1. The molecule has 0 saturated heterocycles. The molecule has 1 aromatic carbocycles. The molecular formula is C16H23N3O2. The summed E-state index contributed by atoms with van der Waals surface area (Å²) in [7, 11) is 0. The summed E-state index contributed by atoms with van der Waals surface area (Å²) in [4.78, 5) is 12.2. The Balaban J connectivity index is 2.22. The summed E-state index contributed by atoms with van der Waals surface area (Å²) in [6.07, 6.45) is 3.58. The normalized spacial score (nSPS) is 12.6. The van der Waals surface area contributed by atoms with Gasteiger partial charge in [0.15, 0.2) is 0 Å². The lowest BCUT2D eigenvalue weighted by atomic mass is 10.1. The van der Waals surface area contributed by atoms with E-state index in [-0.39, 0.29) is 17.8 Å². The summed E-state index contributed by atoms with van der Waals surface area (Å²) >= 11 is 0. The third kappa shape index (κ3) is 3.36. The molecule has 1 unspecified atom stereocenters. The molecule has 1 heterocycles. The molecule has 21 heavy (non-hydrogen) atoms. The lowest BCUT2D eigenvalue weighted by molar-refractivity contribution is 0.332. The monoisotopic (exact) mass is 289 g/mol. The first-order valence-corrected chi connectivity index (χ1v) is 7.29. The van der Waals surface area contributed by atoms with Gasteiger partial charge in [0.05, 0.1) is 12.6 Å². The van der Waals surface area contributed by atoms with E-state index in [2.05, 4.69) is 0 Å². The van der Waals surface area contributed by atoms with Crippen molar-refractivity contribution >= 4 is 0 Å². The number of rotatable bonds is 6. The van der Waals surface area contributed by atoms with Gasteiger partial charge in [0.2, 0.25) is 0 Å². The molecule has 0 amide bonds. The Bertz CT molecular complexity index is 643. The van der Waals surface area contributed by atoms with Crippen LogP contribution >= 0.6 is 0 Å². The van der Waals surface area contributed by atoms with Crippen molar-refractivity contribution in [3.8, 4) is 5.75 Å². The average Bonchev–Trinajstić information content (AvgIpc) is 2.81. The van der Waals surface area contributed by atoms with Crippen molar-refractivity contribution in [2.75, 3.05) is 6.61 Å². The fraction of sp³-hybridized carbons (Fsp3) is 0.438. The standard InChI is InChI=1S/C16H23N3O2/c1-4-21-15-8-6-5-7-13(15)14(17)11-18-9-10-19(12(2)3)16(18)20/h5-10,12,14H,4,11,17H2,1-3H3. The third-order valence-electron chi connectivity index (χ3n) is 3.44. The van der Waals surface area contributed by atoms with Gasteiger partial charge in [-0.25, -0.2) is 4.79 Å². The lowest BCUT2D eigenvalue weighted by Crippen LogP contribution is -2.29. The highest BCUT2D eigenvalue weighted by Crippen LogP contribution is 2.24. The number of aromatic nitrogens is 2. The lowest BCUT2D eigenvalue weighted by Gasteiger charge is -2.16. The Morgan fingerprint density at radius 3 is 2.57 bits per heavy atom. The second kappa shape index (κ2) is 6.63. The zero-order valence-electron chi connectivity index (χ0n) is 12.8. The maximum atomic E-state index is 12.2. The van der Waals surface area contributed by atoms with Gasteiger partial charge < -0.3 is 10.5 Å². The van der Waals surface area contributed by atoms with Crippen molar-refractivity contribution in [2.24, 2.45) is 5.73 Å². The first-order valence-electron chi connectivity index (χ1n) is 7.29. The number of para-hydroxylation sites is 1. The van der Waals surface area contributed by atoms with Crippen molar-refractivity contribution < 1.29 is 4.74 Å². The molecule has 5 heteroatoms. The van der Waals surface area contributed by atoms with Crippen LogP contribution < -0.4 is 16.2 Å². The van der Waals surface area contributed by atoms with E-state index >= 15 is 0 Å². The smallest absolute Gasteiger partial charge is 0.328 e. The molecule has 1 atom stereocenters. The van der Waals surface area contributed by atoms with Gasteiger partial charge in [-0.2, -0.15) is 0 Å². The van der Waals surface area contributed by atoms with Gasteiger partial charge in [-0.05, 0) is 26.8 Å². The Morgan fingerprint density at radius 2 is 1.95 bits per heavy atom. The number of benzene rings is 1. The van der Waals surface area contributed by atoms with E-state index in [4.69, 9.17) is 10.5 Å². The Kier molecular flexibility index (Phi) is 4.85. The molecule has 0 bridgehead atoms. The Hall–Kier alpha value is -2.01. The number of ether oxygens (including phenoxy) is 1. The summed E-state index contributed by atoms with van der Waals surface area (Å²) in [6.45, 7) is 6.93. The first-order chi connectivity index (χ1) is 10.0. The van der Waals surface area contributed by atoms with Gasteiger partial charge >= 0.3 is 5.69 Å². The molecule has 2 aromatic rings. The van der Waals surface area contributed by atoms with Crippen LogP contribution in [0.2, 0.25) is 0 Å². The quantitative estimate of drug-likeness (QED) is 0.887. The molecule has 0 saturated carbocycles. The summed E-state index contributed by atoms with van der Waals surface area (Å²) in [5.74, 6) is 0.781. The highest BCUT2D eigenvalue weighted by molar-refractivity contribution is 5.35. The van der Waals surface area contributed by atoms with Crippen LogP contribution in [0, 0.1) is 0 Å². The van der Waals surface area contributed by atoms with Crippen LogP contribution in [0.15, 0.2) is 41.5 Å². The zero-order chi connectivity index (χ0) is 15.4. The number of hydrogen-bond acceptors (Lipinski definition) is 3. The first kappa shape index (κ1) is 15.4. The van der Waals surface area contributed by atoms with Gasteiger partial charge in [-0.3, -0.25) is 9.13 Å². The molecule has 5 nitrogen and oxygen atoms in total. The summed E-state index contributed by atoms with van der Waals surface area (Å²) in [5, 5.41) is 0. The maximum Gasteiger partial charge on any atom is 0.328 e. The van der Waals surface area contributed by atoms with Crippen LogP contribution in [-0.4, -0.2) is 15.7 Å². The SMILES string of the molecule is CCOc1ccccc1C(N)Cn1ccn(C(C)C)c1=O. The largest absolute Gasteiger partial charge is 0.494 e. The van der Waals surface area contributed by atoms with Gasteiger partial charge in [-0.1, -0.05) is 18.2 Å². The number of nitrogens with zero attached hydrogens (tertiary/aromatic N) is 2.